The molecule has 0 radical (unpaired) electrons. The quantitative estimate of drug-likeness (QED) is 0.159. The Morgan fingerprint density at radius 2 is 1.88 bits per heavy atom. The second-order valence-electron chi connectivity index (χ2n) is 10.2. The van der Waals surface area contributed by atoms with Crippen LogP contribution in [0.3, 0.4) is 0 Å². The first kappa shape index (κ1) is 28.5. The van der Waals surface area contributed by atoms with Crippen LogP contribution in [0.1, 0.15) is 68.8 Å². The van der Waals surface area contributed by atoms with Crippen molar-refractivity contribution in [2.75, 3.05) is 13.7 Å². The van der Waals surface area contributed by atoms with Gasteiger partial charge in [0.15, 0.2) is 17.9 Å². The Bertz CT molecular complexity index is 1410. The van der Waals surface area contributed by atoms with Gasteiger partial charge in [0.1, 0.15) is 29.5 Å². The zero-order valence-corrected chi connectivity index (χ0v) is 22.5. The molecule has 6 N–H and O–H groups in total. The van der Waals surface area contributed by atoms with Crippen LogP contribution in [0.25, 0.3) is 0 Å². The number of fused-ring (bicyclic) bond motifs is 3. The Hall–Kier alpha value is -3.04. The number of hydrogen-bond acceptors (Lipinski definition) is 13. The monoisotopic (exact) mass is 575 g/mol. The molecule has 1 aliphatic heterocycles. The molecule has 0 aromatic heterocycles. The number of aliphatic hydroxyl groups excluding tert-OH is 2. The molecule has 5 rings (SSSR count). The molecule has 13 heteroatoms. The number of phenols is 2. The lowest BCUT2D eigenvalue weighted by Crippen LogP contribution is -2.53. The fraction of sp³-hybridized carbons (Fsp3) is 0.444. The molecule has 1 heterocycles. The number of ether oxygens (including phenoxy) is 3. The molecule has 0 bridgehead atoms. The van der Waals surface area contributed by atoms with Crippen LogP contribution in [0.2, 0.25) is 0 Å². The van der Waals surface area contributed by atoms with Crippen molar-refractivity contribution in [1.29, 1.82) is 0 Å². The number of hydrogen-bond donors (Lipinski definition) is 7. The molecular weight excluding hydrogens is 546 g/mol. The molecule has 1 saturated heterocycles. The Morgan fingerprint density at radius 1 is 1.18 bits per heavy atom. The molecule has 12 nitrogen and oxygen atoms in total. The minimum atomic E-state index is -2.24. The number of ketones is 3. The van der Waals surface area contributed by atoms with Crippen LogP contribution in [0.4, 0.5) is 0 Å². The number of phenolic OH excluding ortho intramolecular Hbond substituents is 2. The number of rotatable bonds is 6. The van der Waals surface area contributed by atoms with Gasteiger partial charge in [0, 0.05) is 36.0 Å². The second-order valence-corrected chi connectivity index (χ2v) is 10.5. The van der Waals surface area contributed by atoms with E-state index in [1.807, 2.05) is 0 Å². The summed E-state index contributed by atoms with van der Waals surface area (Å²) in [6.07, 6.45) is -4.97. The predicted molar refractivity (Wildman–Crippen MR) is 140 cm³/mol. The fourth-order valence-corrected chi connectivity index (χ4v) is 6.10. The van der Waals surface area contributed by atoms with Crippen molar-refractivity contribution >= 4 is 30.2 Å². The van der Waals surface area contributed by atoms with Crippen molar-refractivity contribution in [2.45, 2.75) is 62.4 Å². The van der Waals surface area contributed by atoms with Gasteiger partial charge in [-0.2, -0.15) is 0 Å². The zero-order chi connectivity index (χ0) is 29.1. The van der Waals surface area contributed by atoms with Crippen LogP contribution in [0, 0.1) is 0 Å². The van der Waals surface area contributed by atoms with Crippen LogP contribution in [0.15, 0.2) is 18.2 Å². The average Bonchev–Trinajstić information content (AvgIpc) is 2.94. The smallest absolute Gasteiger partial charge is 0.202 e. The molecule has 3 aliphatic rings. The van der Waals surface area contributed by atoms with E-state index >= 15 is 0 Å². The molecule has 0 saturated carbocycles. The number of carbonyl (C=O) groups is 3. The lowest BCUT2D eigenvalue weighted by molar-refractivity contribution is -0.248. The molecule has 0 spiro atoms. The molecule has 2 aliphatic carbocycles. The van der Waals surface area contributed by atoms with Crippen molar-refractivity contribution < 1.29 is 54.1 Å². The second kappa shape index (κ2) is 10.4. The maximum absolute atomic E-state index is 13.7. The number of thiol groups is 1. The first-order valence-corrected chi connectivity index (χ1v) is 13.0. The molecule has 1 fully saturated rings. The number of benzene rings is 2. The van der Waals surface area contributed by atoms with E-state index in [1.165, 1.54) is 25.3 Å². The summed E-state index contributed by atoms with van der Waals surface area (Å²) >= 11 is 4.04. The third-order valence-electron chi connectivity index (χ3n) is 7.93. The highest BCUT2D eigenvalue weighted by molar-refractivity contribution is 7.78. The van der Waals surface area contributed by atoms with Crippen molar-refractivity contribution in [2.24, 2.45) is 0 Å². The van der Waals surface area contributed by atoms with Gasteiger partial charge >= 0.3 is 0 Å². The number of nitrogens with one attached hydrogen (secondary N) is 1. The molecule has 214 valence electrons. The summed E-state index contributed by atoms with van der Waals surface area (Å²) < 4.78 is 19.8. The van der Waals surface area contributed by atoms with Gasteiger partial charge in [-0.1, -0.05) is 24.9 Å². The van der Waals surface area contributed by atoms with Crippen molar-refractivity contribution in [3.63, 3.8) is 0 Å². The lowest BCUT2D eigenvalue weighted by Gasteiger charge is -2.42. The van der Waals surface area contributed by atoms with E-state index in [1.54, 1.807) is 6.92 Å². The summed E-state index contributed by atoms with van der Waals surface area (Å²) in [5.41, 5.74) is -3.61. The maximum Gasteiger partial charge on any atom is 0.202 e. The Kier molecular flexibility index (Phi) is 7.42. The van der Waals surface area contributed by atoms with Gasteiger partial charge in [-0.15, -0.1) is 0 Å². The summed E-state index contributed by atoms with van der Waals surface area (Å²) in [5, 5.41) is 54.1. The summed E-state index contributed by atoms with van der Waals surface area (Å²) in [5.74, 6) is -3.76. The number of Topliss-reactive ketones (excluding diaryl/α,β-unsaturated/α-hetero) is 1. The van der Waals surface area contributed by atoms with Crippen LogP contribution in [0.5, 0.6) is 17.2 Å². The highest BCUT2D eigenvalue weighted by Crippen LogP contribution is 2.52. The van der Waals surface area contributed by atoms with E-state index in [4.69, 9.17) is 14.2 Å². The maximum atomic E-state index is 13.7. The molecule has 6 unspecified atom stereocenters. The molecular formula is C27H29NO11S. The van der Waals surface area contributed by atoms with Gasteiger partial charge in [0.05, 0.1) is 48.2 Å². The Morgan fingerprint density at radius 3 is 2.52 bits per heavy atom. The van der Waals surface area contributed by atoms with E-state index < -0.39 is 95.7 Å². The average molecular weight is 576 g/mol. The van der Waals surface area contributed by atoms with E-state index in [0.29, 0.717) is 0 Å². The third-order valence-corrected chi connectivity index (χ3v) is 8.26. The molecule has 2 aromatic carbocycles. The highest BCUT2D eigenvalue weighted by Gasteiger charge is 2.50. The Labute approximate surface area is 234 Å². The molecule has 40 heavy (non-hydrogen) atoms. The number of aromatic hydroxyl groups is 2. The first-order valence-electron chi connectivity index (χ1n) is 12.6. The molecule has 0 amide bonds. The first-order chi connectivity index (χ1) is 19.0. The zero-order valence-electron chi connectivity index (χ0n) is 21.6. The minimum Gasteiger partial charge on any atom is -0.507 e. The van der Waals surface area contributed by atoms with E-state index in [9.17, 15) is 39.9 Å². The summed E-state index contributed by atoms with van der Waals surface area (Å²) in [6.45, 7) is 0.586. The summed E-state index contributed by atoms with van der Waals surface area (Å²) in [6, 6.07) is 3.81. The SMILES string of the molecule is COc1cccc2c1C(=O)c1c(O)c3c(c(O)c1C2=O)CC(O)(C(=O)CO)CC3OC1CC(NS)C(O)C(C)O1. The highest BCUT2D eigenvalue weighted by atomic mass is 32.1. The van der Waals surface area contributed by atoms with Crippen LogP contribution >= 0.6 is 12.8 Å². The fourth-order valence-electron chi connectivity index (χ4n) is 5.84. The largest absolute Gasteiger partial charge is 0.507 e. The normalized spacial score (nSPS) is 29.4. The number of carbonyl (C=O) groups excluding carboxylic acids is 3. The topological polar surface area (TPSA) is 192 Å². The summed E-state index contributed by atoms with van der Waals surface area (Å²) in [4.78, 5) is 39.9. The van der Waals surface area contributed by atoms with Gasteiger partial charge < -0.3 is 39.7 Å². The van der Waals surface area contributed by atoms with Gasteiger partial charge in [-0.3, -0.25) is 19.1 Å². The number of aliphatic hydroxyl groups is 3. The standard InChI is InChI=1S/C27H29NO11S/c1-10-22(31)13(28-40)6-17(38-10)39-15-8-27(36,16(30)9-29)7-12-19(15)26(35)21-20(24(12)33)23(32)11-4-3-5-14(37-2)18(11)25(21)34/h3-5,10,13,15,17,22,28-29,31,33,35-36,40H,6-9H2,1-2H3. The van der Waals surface area contributed by atoms with Gasteiger partial charge in [-0.05, 0) is 13.0 Å². The van der Waals surface area contributed by atoms with Gasteiger partial charge in [0.2, 0.25) is 5.78 Å². The van der Waals surface area contributed by atoms with Crippen LogP contribution in [-0.4, -0.2) is 86.7 Å². The van der Waals surface area contributed by atoms with Crippen molar-refractivity contribution in [3.05, 3.63) is 51.6 Å². The predicted octanol–water partition coefficient (Wildman–Crippen LogP) is 0.477. The van der Waals surface area contributed by atoms with E-state index in [-0.39, 0.29) is 34.4 Å². The van der Waals surface area contributed by atoms with Gasteiger partial charge in [-0.25, -0.2) is 0 Å². The van der Waals surface area contributed by atoms with Gasteiger partial charge in [0.25, 0.3) is 0 Å². The molecule has 2 aromatic rings. The number of methoxy groups -OCH3 is 1. The summed E-state index contributed by atoms with van der Waals surface area (Å²) in [7, 11) is 1.32. The minimum absolute atomic E-state index is 0.0507. The van der Waals surface area contributed by atoms with E-state index in [0.717, 1.165) is 0 Å². The third kappa shape index (κ3) is 4.29. The van der Waals surface area contributed by atoms with Crippen LogP contribution in [-0.2, 0) is 20.7 Å². The lowest BCUT2D eigenvalue weighted by atomic mass is 9.72. The van der Waals surface area contributed by atoms with Crippen molar-refractivity contribution in [1.82, 2.24) is 4.72 Å². The van der Waals surface area contributed by atoms with E-state index in [2.05, 4.69) is 17.5 Å². The van der Waals surface area contributed by atoms with Crippen molar-refractivity contribution in [3.8, 4) is 17.2 Å². The molecule has 6 atom stereocenters. The van der Waals surface area contributed by atoms with Crippen LogP contribution < -0.4 is 9.46 Å². The Balaban J connectivity index is 1.68.